The number of phenolic OH excluding ortho intramolecular Hbond substituents is 1. The smallest absolute Gasteiger partial charge is 0.141 e. The summed E-state index contributed by atoms with van der Waals surface area (Å²) >= 11 is 3.35. The predicted molar refractivity (Wildman–Crippen MR) is 50.4 cm³/mol. The van der Waals surface area contributed by atoms with E-state index in [9.17, 15) is 5.11 Å². The van der Waals surface area contributed by atoms with E-state index in [0.29, 0.717) is 5.52 Å². The molecular formula is C8H7BrN2O. The Kier molecular flexibility index (Phi) is 1.77. The molecule has 0 aliphatic carbocycles. The van der Waals surface area contributed by atoms with Gasteiger partial charge in [-0.15, -0.1) is 0 Å². The number of aromatic hydroxyl groups is 1. The number of rotatable bonds is 1. The second kappa shape index (κ2) is 2.79. The SMILES string of the molecule is Oc1ccc(CBr)c2nc[nH]c12. The van der Waals surface area contributed by atoms with Gasteiger partial charge in [0.15, 0.2) is 0 Å². The molecule has 0 aliphatic rings. The fourth-order valence-corrected chi connectivity index (χ4v) is 1.64. The first kappa shape index (κ1) is 7.61. The lowest BCUT2D eigenvalue weighted by molar-refractivity contribution is 0.480. The van der Waals surface area contributed by atoms with E-state index in [1.807, 2.05) is 6.07 Å². The number of imidazole rings is 1. The van der Waals surface area contributed by atoms with Gasteiger partial charge in [-0.05, 0) is 11.6 Å². The molecule has 4 heteroatoms. The van der Waals surface area contributed by atoms with Gasteiger partial charge in [-0.2, -0.15) is 0 Å². The Balaban J connectivity index is 2.82. The number of fused-ring (bicyclic) bond motifs is 1. The summed E-state index contributed by atoms with van der Waals surface area (Å²) in [6.07, 6.45) is 1.58. The Hall–Kier alpha value is -1.03. The van der Waals surface area contributed by atoms with Gasteiger partial charge in [0.25, 0.3) is 0 Å². The molecule has 0 unspecified atom stereocenters. The van der Waals surface area contributed by atoms with E-state index >= 15 is 0 Å². The summed E-state index contributed by atoms with van der Waals surface area (Å²) in [5.74, 6) is 0.243. The van der Waals surface area contributed by atoms with Crippen molar-refractivity contribution in [2.45, 2.75) is 5.33 Å². The van der Waals surface area contributed by atoms with Crippen molar-refractivity contribution in [2.75, 3.05) is 0 Å². The highest BCUT2D eigenvalue weighted by molar-refractivity contribution is 9.08. The highest BCUT2D eigenvalue weighted by Gasteiger charge is 2.05. The lowest BCUT2D eigenvalue weighted by Gasteiger charge is -1.98. The van der Waals surface area contributed by atoms with Crippen molar-refractivity contribution in [2.24, 2.45) is 0 Å². The normalized spacial score (nSPS) is 10.8. The minimum atomic E-state index is 0.243. The highest BCUT2D eigenvalue weighted by atomic mass is 79.9. The maximum atomic E-state index is 9.39. The number of aromatic nitrogens is 2. The average molecular weight is 227 g/mol. The molecule has 12 heavy (non-hydrogen) atoms. The van der Waals surface area contributed by atoms with Crippen LogP contribution in [0.1, 0.15) is 5.56 Å². The van der Waals surface area contributed by atoms with Gasteiger partial charge in [-0.25, -0.2) is 4.98 Å². The number of hydrogen-bond donors (Lipinski definition) is 2. The van der Waals surface area contributed by atoms with Crippen LogP contribution in [-0.2, 0) is 5.33 Å². The molecule has 1 aromatic heterocycles. The first-order valence-corrected chi connectivity index (χ1v) is 4.65. The second-order valence-electron chi connectivity index (χ2n) is 2.50. The number of alkyl halides is 1. The van der Waals surface area contributed by atoms with E-state index < -0.39 is 0 Å². The number of halogens is 1. The molecule has 0 amide bonds. The molecule has 0 fully saturated rings. The number of nitrogens with one attached hydrogen (secondary N) is 1. The van der Waals surface area contributed by atoms with E-state index in [4.69, 9.17) is 0 Å². The Morgan fingerprint density at radius 1 is 1.50 bits per heavy atom. The number of H-pyrrole nitrogens is 1. The third-order valence-electron chi connectivity index (χ3n) is 1.79. The van der Waals surface area contributed by atoms with Crippen LogP contribution in [0.5, 0.6) is 5.75 Å². The minimum absolute atomic E-state index is 0.243. The van der Waals surface area contributed by atoms with Crippen LogP contribution >= 0.6 is 15.9 Å². The Morgan fingerprint density at radius 2 is 2.33 bits per heavy atom. The fourth-order valence-electron chi connectivity index (χ4n) is 1.18. The molecule has 0 bridgehead atoms. The molecule has 0 spiro atoms. The number of nitrogens with zero attached hydrogens (tertiary/aromatic N) is 1. The van der Waals surface area contributed by atoms with Crippen LogP contribution in [0.25, 0.3) is 11.0 Å². The molecule has 3 nitrogen and oxygen atoms in total. The number of benzene rings is 1. The number of phenols is 1. The first-order chi connectivity index (χ1) is 5.83. The van der Waals surface area contributed by atoms with Gasteiger partial charge in [0, 0.05) is 5.33 Å². The van der Waals surface area contributed by atoms with Crippen molar-refractivity contribution in [3.63, 3.8) is 0 Å². The molecule has 2 rings (SSSR count). The zero-order valence-electron chi connectivity index (χ0n) is 6.21. The summed E-state index contributed by atoms with van der Waals surface area (Å²) in [5.41, 5.74) is 2.60. The van der Waals surface area contributed by atoms with Gasteiger partial charge in [0.2, 0.25) is 0 Å². The number of aromatic amines is 1. The standard InChI is InChI=1S/C8H7BrN2O/c9-3-5-1-2-6(12)8-7(5)10-4-11-8/h1-2,4,12H,3H2,(H,10,11). The van der Waals surface area contributed by atoms with Crippen LogP contribution in [0.3, 0.4) is 0 Å². The minimum Gasteiger partial charge on any atom is -0.506 e. The molecule has 1 aromatic carbocycles. The van der Waals surface area contributed by atoms with Crippen LogP contribution in [0, 0.1) is 0 Å². The van der Waals surface area contributed by atoms with E-state index in [0.717, 1.165) is 16.4 Å². The lowest BCUT2D eigenvalue weighted by atomic mass is 10.2. The van der Waals surface area contributed by atoms with Crippen molar-refractivity contribution in [1.82, 2.24) is 9.97 Å². The van der Waals surface area contributed by atoms with E-state index in [2.05, 4.69) is 25.9 Å². The monoisotopic (exact) mass is 226 g/mol. The van der Waals surface area contributed by atoms with Gasteiger partial charge in [-0.3, -0.25) is 0 Å². The summed E-state index contributed by atoms with van der Waals surface area (Å²) in [7, 11) is 0. The van der Waals surface area contributed by atoms with Crippen LogP contribution in [0.15, 0.2) is 18.5 Å². The van der Waals surface area contributed by atoms with Crippen molar-refractivity contribution in [1.29, 1.82) is 0 Å². The molecule has 0 radical (unpaired) electrons. The van der Waals surface area contributed by atoms with Crippen LogP contribution in [-0.4, -0.2) is 15.1 Å². The second-order valence-corrected chi connectivity index (χ2v) is 3.06. The van der Waals surface area contributed by atoms with Crippen molar-refractivity contribution in [3.8, 4) is 5.75 Å². The van der Waals surface area contributed by atoms with E-state index in [1.165, 1.54) is 0 Å². The predicted octanol–water partition coefficient (Wildman–Crippen LogP) is 2.16. The zero-order chi connectivity index (χ0) is 8.55. The van der Waals surface area contributed by atoms with Crippen LogP contribution in [0.4, 0.5) is 0 Å². The first-order valence-electron chi connectivity index (χ1n) is 3.53. The van der Waals surface area contributed by atoms with Crippen LogP contribution < -0.4 is 0 Å². The van der Waals surface area contributed by atoms with Gasteiger partial charge in [-0.1, -0.05) is 22.0 Å². The Morgan fingerprint density at radius 3 is 3.08 bits per heavy atom. The van der Waals surface area contributed by atoms with E-state index in [-0.39, 0.29) is 5.75 Å². The fraction of sp³-hybridized carbons (Fsp3) is 0.125. The quantitative estimate of drug-likeness (QED) is 0.733. The maximum absolute atomic E-state index is 9.39. The molecule has 0 aliphatic heterocycles. The topological polar surface area (TPSA) is 48.9 Å². The third kappa shape index (κ3) is 0.992. The van der Waals surface area contributed by atoms with Gasteiger partial charge >= 0.3 is 0 Å². The maximum Gasteiger partial charge on any atom is 0.141 e. The van der Waals surface area contributed by atoms with Crippen molar-refractivity contribution >= 4 is 27.0 Å². The summed E-state index contributed by atoms with van der Waals surface area (Å²) in [5, 5.41) is 10.1. The van der Waals surface area contributed by atoms with E-state index in [1.54, 1.807) is 12.4 Å². The zero-order valence-corrected chi connectivity index (χ0v) is 7.80. The number of hydrogen-bond acceptors (Lipinski definition) is 2. The molecule has 2 N–H and O–H groups in total. The van der Waals surface area contributed by atoms with Crippen LogP contribution in [0.2, 0.25) is 0 Å². The molecule has 0 atom stereocenters. The molecule has 62 valence electrons. The summed E-state index contributed by atoms with van der Waals surface area (Å²) in [4.78, 5) is 6.99. The molecule has 0 saturated heterocycles. The van der Waals surface area contributed by atoms with Crippen molar-refractivity contribution < 1.29 is 5.11 Å². The highest BCUT2D eigenvalue weighted by Crippen LogP contribution is 2.25. The third-order valence-corrected chi connectivity index (χ3v) is 2.39. The lowest BCUT2D eigenvalue weighted by Crippen LogP contribution is -1.80. The van der Waals surface area contributed by atoms with Gasteiger partial charge < -0.3 is 10.1 Å². The molecule has 1 heterocycles. The molecular weight excluding hydrogens is 220 g/mol. The van der Waals surface area contributed by atoms with Crippen molar-refractivity contribution in [3.05, 3.63) is 24.0 Å². The van der Waals surface area contributed by atoms with Gasteiger partial charge in [0.1, 0.15) is 11.3 Å². The molecule has 0 saturated carbocycles. The largest absolute Gasteiger partial charge is 0.506 e. The Labute approximate surface area is 77.6 Å². The summed E-state index contributed by atoms with van der Waals surface area (Å²) in [6, 6.07) is 3.52. The Bertz CT molecular complexity index is 410. The summed E-state index contributed by atoms with van der Waals surface area (Å²) < 4.78 is 0. The summed E-state index contributed by atoms with van der Waals surface area (Å²) in [6.45, 7) is 0. The average Bonchev–Trinajstić information content (AvgIpc) is 2.54. The van der Waals surface area contributed by atoms with Gasteiger partial charge in [0.05, 0.1) is 11.8 Å². The molecule has 2 aromatic rings.